The van der Waals surface area contributed by atoms with E-state index in [1.807, 2.05) is 24.3 Å². The van der Waals surface area contributed by atoms with Gasteiger partial charge in [0, 0.05) is 24.2 Å². The molecule has 0 spiro atoms. The van der Waals surface area contributed by atoms with Gasteiger partial charge in [0.05, 0.1) is 27.0 Å². The number of amides is 1. The molecule has 3 rings (SSSR count). The van der Waals surface area contributed by atoms with Crippen molar-refractivity contribution in [1.29, 1.82) is 0 Å². The van der Waals surface area contributed by atoms with Gasteiger partial charge >= 0.3 is 0 Å². The fraction of sp³-hybridized carbons (Fsp3) is 0.429. The number of nitrogens with one attached hydrogen (secondary N) is 2. The molecule has 0 unspecified atom stereocenters. The van der Waals surface area contributed by atoms with Crippen LogP contribution < -0.4 is 24.8 Å². The number of pyridine rings is 1. The lowest BCUT2D eigenvalue weighted by molar-refractivity contribution is -0.125. The van der Waals surface area contributed by atoms with E-state index >= 15 is 0 Å². The number of methoxy groups -OCH3 is 3. The molecule has 0 aliphatic carbocycles. The van der Waals surface area contributed by atoms with Crippen molar-refractivity contribution >= 4 is 5.91 Å². The molecule has 1 fully saturated rings. The summed E-state index contributed by atoms with van der Waals surface area (Å²) < 4.78 is 16.2. The minimum absolute atomic E-state index is 0.0951. The quantitative estimate of drug-likeness (QED) is 0.762. The summed E-state index contributed by atoms with van der Waals surface area (Å²) in [5.41, 5.74) is 2.61. The zero-order valence-corrected chi connectivity index (χ0v) is 16.6. The van der Waals surface area contributed by atoms with Crippen LogP contribution in [-0.4, -0.2) is 45.3 Å². The molecule has 7 nitrogen and oxygen atoms in total. The molecule has 0 atom stereocenters. The van der Waals surface area contributed by atoms with E-state index in [2.05, 4.69) is 15.6 Å². The average Bonchev–Trinajstić information content (AvgIpc) is 2.77. The van der Waals surface area contributed by atoms with Crippen LogP contribution in [0.4, 0.5) is 0 Å². The first-order chi connectivity index (χ1) is 13.7. The van der Waals surface area contributed by atoms with Crippen molar-refractivity contribution < 1.29 is 19.0 Å². The third kappa shape index (κ3) is 4.54. The summed E-state index contributed by atoms with van der Waals surface area (Å²) in [6.45, 7) is 2.28. The Bertz CT molecular complexity index is 794. The van der Waals surface area contributed by atoms with Crippen molar-refractivity contribution in [1.82, 2.24) is 15.6 Å². The molecule has 0 saturated carbocycles. The fourth-order valence-corrected chi connectivity index (χ4v) is 3.39. The highest BCUT2D eigenvalue weighted by Gasteiger charge is 2.20. The van der Waals surface area contributed by atoms with E-state index in [0.717, 1.165) is 42.8 Å². The van der Waals surface area contributed by atoms with Gasteiger partial charge in [-0.15, -0.1) is 0 Å². The normalized spacial score (nSPS) is 14.4. The second-order valence-corrected chi connectivity index (χ2v) is 6.71. The van der Waals surface area contributed by atoms with Gasteiger partial charge in [-0.25, -0.2) is 0 Å². The molecule has 150 valence electrons. The van der Waals surface area contributed by atoms with Gasteiger partial charge in [0.2, 0.25) is 11.7 Å². The van der Waals surface area contributed by atoms with E-state index in [-0.39, 0.29) is 11.8 Å². The first-order valence-electron chi connectivity index (χ1n) is 9.40. The third-order valence-corrected chi connectivity index (χ3v) is 4.96. The van der Waals surface area contributed by atoms with Crippen molar-refractivity contribution in [3.8, 4) is 28.5 Å². The van der Waals surface area contributed by atoms with Crippen LogP contribution in [0.15, 0.2) is 30.5 Å². The second kappa shape index (κ2) is 9.41. The summed E-state index contributed by atoms with van der Waals surface area (Å²) in [6.07, 6.45) is 3.52. The first-order valence-corrected chi connectivity index (χ1v) is 9.40. The molecule has 2 N–H and O–H groups in total. The van der Waals surface area contributed by atoms with E-state index in [4.69, 9.17) is 14.2 Å². The van der Waals surface area contributed by atoms with E-state index in [9.17, 15) is 4.79 Å². The number of benzene rings is 1. The van der Waals surface area contributed by atoms with Gasteiger partial charge in [-0.3, -0.25) is 9.78 Å². The van der Waals surface area contributed by atoms with Crippen LogP contribution in [0.25, 0.3) is 11.3 Å². The summed E-state index contributed by atoms with van der Waals surface area (Å²) in [6, 6.07) is 7.59. The van der Waals surface area contributed by atoms with Crippen LogP contribution in [0.1, 0.15) is 18.4 Å². The molecular formula is C21H27N3O4. The lowest BCUT2D eigenvalue weighted by Gasteiger charge is -2.21. The van der Waals surface area contributed by atoms with Crippen molar-refractivity contribution in [3.63, 3.8) is 0 Å². The van der Waals surface area contributed by atoms with Crippen LogP contribution in [0.2, 0.25) is 0 Å². The zero-order chi connectivity index (χ0) is 19.9. The molecule has 28 heavy (non-hydrogen) atoms. The predicted molar refractivity (Wildman–Crippen MR) is 107 cm³/mol. The molecule has 1 aliphatic heterocycles. The molecule has 1 saturated heterocycles. The van der Waals surface area contributed by atoms with Gasteiger partial charge in [-0.1, -0.05) is 0 Å². The van der Waals surface area contributed by atoms with Crippen LogP contribution in [-0.2, 0) is 11.3 Å². The summed E-state index contributed by atoms with van der Waals surface area (Å²) in [5.74, 6) is 1.90. The number of carbonyl (C=O) groups excluding carboxylic acids is 1. The molecule has 0 radical (unpaired) electrons. The van der Waals surface area contributed by atoms with Gasteiger partial charge in [0.1, 0.15) is 0 Å². The van der Waals surface area contributed by atoms with Crippen LogP contribution in [0, 0.1) is 5.92 Å². The molecule has 1 aliphatic rings. The lowest BCUT2D eigenvalue weighted by atomic mass is 9.97. The predicted octanol–water partition coefficient (Wildman–Crippen LogP) is 2.39. The highest BCUT2D eigenvalue weighted by Crippen LogP contribution is 2.40. The number of rotatable bonds is 7. The monoisotopic (exact) mass is 385 g/mol. The maximum Gasteiger partial charge on any atom is 0.223 e. The second-order valence-electron chi connectivity index (χ2n) is 6.71. The average molecular weight is 385 g/mol. The standard InChI is InChI=1S/C21H27N3O4/c1-26-18-11-16(12-19(27-2)20(18)28-3)17-10-14(4-9-23-17)13-24-21(25)15-5-7-22-8-6-15/h4,9-12,15,22H,5-8,13H2,1-3H3,(H,24,25). The van der Waals surface area contributed by atoms with Gasteiger partial charge in [-0.05, 0) is 55.8 Å². The highest BCUT2D eigenvalue weighted by molar-refractivity contribution is 5.78. The molecular weight excluding hydrogens is 358 g/mol. The Morgan fingerprint density at radius 3 is 2.39 bits per heavy atom. The Kier molecular flexibility index (Phi) is 6.71. The van der Waals surface area contributed by atoms with Crippen LogP contribution >= 0.6 is 0 Å². The number of piperidine rings is 1. The van der Waals surface area contributed by atoms with E-state index < -0.39 is 0 Å². The zero-order valence-electron chi connectivity index (χ0n) is 16.6. The maximum absolute atomic E-state index is 12.4. The molecule has 1 amide bonds. The minimum atomic E-state index is 0.0951. The number of carbonyl (C=O) groups is 1. The summed E-state index contributed by atoms with van der Waals surface area (Å²) in [4.78, 5) is 16.8. The summed E-state index contributed by atoms with van der Waals surface area (Å²) in [5, 5.41) is 6.32. The van der Waals surface area contributed by atoms with Crippen molar-refractivity contribution in [2.45, 2.75) is 19.4 Å². The highest BCUT2D eigenvalue weighted by atomic mass is 16.5. The Hall–Kier alpha value is -2.80. The van der Waals surface area contributed by atoms with E-state index in [0.29, 0.717) is 23.8 Å². The number of hydrogen-bond acceptors (Lipinski definition) is 6. The van der Waals surface area contributed by atoms with E-state index in [1.54, 1.807) is 27.5 Å². The molecule has 2 heterocycles. The van der Waals surface area contributed by atoms with Gasteiger partial charge in [0.25, 0.3) is 0 Å². The molecule has 1 aromatic heterocycles. The lowest BCUT2D eigenvalue weighted by Crippen LogP contribution is -2.37. The van der Waals surface area contributed by atoms with Gasteiger partial charge in [-0.2, -0.15) is 0 Å². The molecule has 1 aromatic carbocycles. The number of nitrogens with zero attached hydrogens (tertiary/aromatic N) is 1. The maximum atomic E-state index is 12.4. The third-order valence-electron chi connectivity index (χ3n) is 4.96. The van der Waals surface area contributed by atoms with Crippen molar-refractivity contribution in [3.05, 3.63) is 36.0 Å². The van der Waals surface area contributed by atoms with E-state index in [1.165, 1.54) is 0 Å². The van der Waals surface area contributed by atoms with Gasteiger partial charge < -0.3 is 24.8 Å². The Labute approximate surface area is 165 Å². The smallest absolute Gasteiger partial charge is 0.223 e. The Morgan fingerprint density at radius 1 is 1.11 bits per heavy atom. The number of aromatic nitrogens is 1. The first kappa shape index (κ1) is 19.9. The molecule has 7 heteroatoms. The summed E-state index contributed by atoms with van der Waals surface area (Å²) >= 11 is 0. The molecule has 2 aromatic rings. The Balaban J connectivity index is 1.76. The minimum Gasteiger partial charge on any atom is -0.493 e. The Morgan fingerprint density at radius 2 is 1.79 bits per heavy atom. The van der Waals surface area contributed by atoms with Crippen LogP contribution in [0.5, 0.6) is 17.2 Å². The number of ether oxygens (including phenoxy) is 3. The number of hydrogen-bond donors (Lipinski definition) is 2. The largest absolute Gasteiger partial charge is 0.493 e. The topological polar surface area (TPSA) is 81.7 Å². The molecule has 0 bridgehead atoms. The van der Waals surface area contributed by atoms with Crippen LogP contribution in [0.3, 0.4) is 0 Å². The van der Waals surface area contributed by atoms with Crippen molar-refractivity contribution in [2.75, 3.05) is 34.4 Å². The van der Waals surface area contributed by atoms with Crippen molar-refractivity contribution in [2.24, 2.45) is 5.92 Å². The summed E-state index contributed by atoms with van der Waals surface area (Å²) in [7, 11) is 4.74. The van der Waals surface area contributed by atoms with Gasteiger partial charge in [0.15, 0.2) is 11.5 Å². The SMILES string of the molecule is COc1cc(-c2cc(CNC(=O)C3CCNCC3)ccn2)cc(OC)c1OC. The fourth-order valence-electron chi connectivity index (χ4n) is 3.39.